The molecular formula is C11H10Cl2N4. The van der Waals surface area contributed by atoms with Crippen molar-refractivity contribution in [2.75, 3.05) is 7.05 Å². The highest BCUT2D eigenvalue weighted by atomic mass is 35.5. The molecule has 1 N–H and O–H groups in total. The maximum absolute atomic E-state index is 6.12. The highest BCUT2D eigenvalue weighted by Gasteiger charge is 2.18. The molecule has 88 valence electrons. The van der Waals surface area contributed by atoms with Crippen LogP contribution < -0.4 is 5.32 Å². The van der Waals surface area contributed by atoms with Crippen LogP contribution >= 0.6 is 23.2 Å². The summed E-state index contributed by atoms with van der Waals surface area (Å²) in [4.78, 5) is 12.5. The van der Waals surface area contributed by atoms with Crippen molar-refractivity contribution < 1.29 is 0 Å². The Bertz CT molecular complexity index is 504. The van der Waals surface area contributed by atoms with Crippen molar-refractivity contribution in [2.45, 2.75) is 6.04 Å². The van der Waals surface area contributed by atoms with Gasteiger partial charge in [-0.05, 0) is 13.1 Å². The molecule has 0 bridgehead atoms. The largest absolute Gasteiger partial charge is 0.307 e. The zero-order valence-corrected chi connectivity index (χ0v) is 10.6. The van der Waals surface area contributed by atoms with Crippen molar-refractivity contribution in [3.8, 4) is 0 Å². The highest BCUT2D eigenvalue weighted by molar-refractivity contribution is 6.34. The lowest BCUT2D eigenvalue weighted by molar-refractivity contribution is 0.648. The van der Waals surface area contributed by atoms with E-state index >= 15 is 0 Å². The summed E-state index contributed by atoms with van der Waals surface area (Å²) in [6.45, 7) is 0. The van der Waals surface area contributed by atoms with E-state index in [4.69, 9.17) is 23.2 Å². The van der Waals surface area contributed by atoms with Gasteiger partial charge in [0.05, 0.1) is 33.7 Å². The monoisotopic (exact) mass is 268 g/mol. The molecule has 0 amide bonds. The Morgan fingerprint density at radius 2 is 2.00 bits per heavy atom. The Morgan fingerprint density at radius 1 is 1.18 bits per heavy atom. The van der Waals surface area contributed by atoms with Gasteiger partial charge in [-0.1, -0.05) is 23.2 Å². The molecule has 6 heteroatoms. The molecule has 0 aliphatic rings. The van der Waals surface area contributed by atoms with Gasteiger partial charge in [-0.2, -0.15) is 0 Å². The van der Waals surface area contributed by atoms with Crippen molar-refractivity contribution in [1.29, 1.82) is 0 Å². The van der Waals surface area contributed by atoms with E-state index in [1.54, 1.807) is 30.9 Å². The molecule has 0 saturated heterocycles. The van der Waals surface area contributed by atoms with Crippen LogP contribution in [-0.4, -0.2) is 22.0 Å². The molecule has 0 saturated carbocycles. The van der Waals surface area contributed by atoms with Crippen molar-refractivity contribution >= 4 is 23.2 Å². The second-order valence-corrected chi connectivity index (χ2v) is 4.22. The number of hydrogen-bond donors (Lipinski definition) is 1. The van der Waals surface area contributed by atoms with E-state index in [0.717, 1.165) is 5.69 Å². The Morgan fingerprint density at radius 3 is 2.59 bits per heavy atom. The van der Waals surface area contributed by atoms with E-state index in [1.807, 2.05) is 7.05 Å². The van der Waals surface area contributed by atoms with Gasteiger partial charge in [0.25, 0.3) is 0 Å². The molecule has 0 aliphatic carbocycles. The number of nitrogens with zero attached hydrogens (tertiary/aromatic N) is 3. The molecule has 0 spiro atoms. The van der Waals surface area contributed by atoms with Crippen molar-refractivity contribution in [2.24, 2.45) is 0 Å². The summed E-state index contributed by atoms with van der Waals surface area (Å²) in [7, 11) is 1.81. The average molecular weight is 269 g/mol. The van der Waals surface area contributed by atoms with Gasteiger partial charge in [0, 0.05) is 18.6 Å². The van der Waals surface area contributed by atoms with Crippen LogP contribution in [0.15, 0.2) is 30.9 Å². The van der Waals surface area contributed by atoms with Gasteiger partial charge in [-0.25, -0.2) is 0 Å². The van der Waals surface area contributed by atoms with E-state index in [1.165, 1.54) is 0 Å². The maximum Gasteiger partial charge on any atom is 0.0953 e. The minimum atomic E-state index is -0.200. The van der Waals surface area contributed by atoms with E-state index in [9.17, 15) is 0 Å². The lowest BCUT2D eigenvalue weighted by Crippen LogP contribution is -2.20. The predicted molar refractivity (Wildman–Crippen MR) is 67.2 cm³/mol. The third kappa shape index (κ3) is 2.72. The number of rotatable bonds is 3. The third-order valence-corrected chi connectivity index (χ3v) is 2.79. The topological polar surface area (TPSA) is 50.7 Å². The predicted octanol–water partition coefficient (Wildman–Crippen LogP) is 2.49. The first-order valence-electron chi connectivity index (χ1n) is 4.96. The highest BCUT2D eigenvalue weighted by Crippen LogP contribution is 2.26. The SMILES string of the molecule is CNC(c1cnccn1)c1ncc(Cl)cc1Cl. The lowest BCUT2D eigenvalue weighted by atomic mass is 10.1. The van der Waals surface area contributed by atoms with Gasteiger partial charge in [-0.15, -0.1) is 0 Å². The molecule has 2 aromatic heterocycles. The van der Waals surface area contributed by atoms with Crippen molar-refractivity contribution in [3.05, 3.63) is 52.3 Å². The third-order valence-electron chi connectivity index (χ3n) is 2.28. The Hall–Kier alpha value is -1.23. The van der Waals surface area contributed by atoms with Crippen LogP contribution in [0.5, 0.6) is 0 Å². The number of pyridine rings is 1. The maximum atomic E-state index is 6.12. The molecule has 0 radical (unpaired) electrons. The minimum Gasteiger partial charge on any atom is -0.307 e. The fourth-order valence-corrected chi connectivity index (χ4v) is 2.01. The lowest BCUT2D eigenvalue weighted by Gasteiger charge is -2.15. The number of hydrogen-bond acceptors (Lipinski definition) is 4. The van der Waals surface area contributed by atoms with E-state index < -0.39 is 0 Å². The number of halogens is 2. The first-order chi connectivity index (χ1) is 8.22. The minimum absolute atomic E-state index is 0.200. The van der Waals surface area contributed by atoms with E-state index in [-0.39, 0.29) is 6.04 Å². The first-order valence-corrected chi connectivity index (χ1v) is 5.72. The molecule has 0 fully saturated rings. The molecule has 2 heterocycles. The molecule has 4 nitrogen and oxygen atoms in total. The van der Waals surface area contributed by atoms with Crippen LogP contribution in [0, 0.1) is 0 Å². The summed E-state index contributed by atoms with van der Waals surface area (Å²) >= 11 is 11.9. The zero-order valence-electron chi connectivity index (χ0n) is 9.06. The van der Waals surface area contributed by atoms with Gasteiger partial charge < -0.3 is 5.32 Å². The van der Waals surface area contributed by atoms with Crippen LogP contribution in [0.3, 0.4) is 0 Å². The van der Waals surface area contributed by atoms with Gasteiger partial charge in [0.1, 0.15) is 0 Å². The smallest absolute Gasteiger partial charge is 0.0953 e. The van der Waals surface area contributed by atoms with Crippen LogP contribution in [0.4, 0.5) is 0 Å². The van der Waals surface area contributed by atoms with Gasteiger partial charge >= 0.3 is 0 Å². The molecule has 1 unspecified atom stereocenters. The fraction of sp³-hybridized carbons (Fsp3) is 0.182. The second kappa shape index (κ2) is 5.40. The summed E-state index contributed by atoms with van der Waals surface area (Å²) in [6, 6.07) is 1.46. The first kappa shape index (κ1) is 12.2. The molecule has 2 aromatic rings. The summed E-state index contributed by atoms with van der Waals surface area (Å²) in [6.07, 6.45) is 6.48. The molecular weight excluding hydrogens is 259 g/mol. The molecule has 0 aliphatic heterocycles. The van der Waals surface area contributed by atoms with Crippen molar-refractivity contribution in [1.82, 2.24) is 20.3 Å². The molecule has 0 aromatic carbocycles. The fourth-order valence-electron chi connectivity index (χ4n) is 1.52. The average Bonchev–Trinajstić information content (AvgIpc) is 2.34. The Kier molecular flexibility index (Phi) is 3.89. The van der Waals surface area contributed by atoms with Crippen LogP contribution in [-0.2, 0) is 0 Å². The zero-order chi connectivity index (χ0) is 12.3. The van der Waals surface area contributed by atoms with Crippen LogP contribution in [0.1, 0.15) is 17.4 Å². The second-order valence-electron chi connectivity index (χ2n) is 3.37. The van der Waals surface area contributed by atoms with E-state index in [2.05, 4.69) is 20.3 Å². The van der Waals surface area contributed by atoms with E-state index in [0.29, 0.717) is 15.7 Å². The number of aromatic nitrogens is 3. The van der Waals surface area contributed by atoms with Gasteiger partial charge in [-0.3, -0.25) is 15.0 Å². The quantitative estimate of drug-likeness (QED) is 0.930. The summed E-state index contributed by atoms with van der Waals surface area (Å²) in [5.74, 6) is 0. The molecule has 1 atom stereocenters. The molecule has 17 heavy (non-hydrogen) atoms. The van der Waals surface area contributed by atoms with Crippen molar-refractivity contribution in [3.63, 3.8) is 0 Å². The van der Waals surface area contributed by atoms with Gasteiger partial charge in [0.2, 0.25) is 0 Å². The normalized spacial score (nSPS) is 12.4. The van der Waals surface area contributed by atoms with Crippen LogP contribution in [0.25, 0.3) is 0 Å². The Balaban J connectivity index is 2.42. The van der Waals surface area contributed by atoms with Gasteiger partial charge in [0.15, 0.2) is 0 Å². The van der Waals surface area contributed by atoms with Crippen LogP contribution in [0.2, 0.25) is 10.0 Å². The summed E-state index contributed by atoms with van der Waals surface area (Å²) < 4.78 is 0. The standard InChI is InChI=1S/C11H10Cl2N4/c1-14-11(9-6-15-2-3-16-9)10-8(13)4-7(12)5-17-10/h2-6,11,14H,1H3. The molecule has 2 rings (SSSR count). The summed E-state index contributed by atoms with van der Waals surface area (Å²) in [5, 5.41) is 4.11. The summed E-state index contributed by atoms with van der Waals surface area (Å²) in [5.41, 5.74) is 1.44. The number of nitrogens with one attached hydrogen (secondary N) is 1. The Labute approximate surface area is 109 Å².